The van der Waals surface area contributed by atoms with Gasteiger partial charge in [0.2, 0.25) is 5.82 Å². The number of nitrogens with zero attached hydrogens (tertiary/aromatic N) is 4. The number of halogens is 3. The topological polar surface area (TPSA) is 94.0 Å². The van der Waals surface area contributed by atoms with Gasteiger partial charge in [-0.15, -0.1) is 0 Å². The molecule has 2 heterocycles. The molecule has 0 spiro atoms. The number of carbonyl (C=O) groups excluding carboxylic acids is 1. The van der Waals surface area contributed by atoms with Crippen LogP contribution in [0.25, 0.3) is 5.82 Å². The summed E-state index contributed by atoms with van der Waals surface area (Å²) in [7, 11) is 0.977. The fourth-order valence-corrected chi connectivity index (χ4v) is 2.86. The number of aromatic nitrogens is 4. The zero-order chi connectivity index (χ0) is 22.7. The molecule has 0 aliphatic rings. The summed E-state index contributed by atoms with van der Waals surface area (Å²) >= 11 is 0. The lowest BCUT2D eigenvalue weighted by Crippen LogP contribution is -2.15. The Morgan fingerprint density at radius 1 is 1.03 bits per heavy atom. The number of anilines is 3. The molecule has 2 N–H and O–H groups in total. The van der Waals surface area contributed by atoms with Crippen LogP contribution in [0.4, 0.5) is 30.4 Å². The molecule has 0 radical (unpaired) electrons. The molecule has 2 aromatic carbocycles. The summed E-state index contributed by atoms with van der Waals surface area (Å²) in [6, 6.07) is 8.59. The molecular weight excluding hydrogens is 425 g/mol. The largest absolute Gasteiger partial charge is 0.491 e. The van der Waals surface area contributed by atoms with Crippen LogP contribution >= 0.6 is 0 Å². The Labute approximate surface area is 179 Å². The molecule has 32 heavy (non-hydrogen) atoms. The van der Waals surface area contributed by atoms with Gasteiger partial charge in [0, 0.05) is 29.8 Å². The summed E-state index contributed by atoms with van der Waals surface area (Å²) in [5.41, 5.74) is 0.278. The average Bonchev–Trinajstić information content (AvgIpc) is 3.33. The van der Waals surface area contributed by atoms with Gasteiger partial charge in [0.1, 0.15) is 24.3 Å². The molecule has 162 valence electrons. The van der Waals surface area contributed by atoms with Crippen molar-refractivity contribution in [3.05, 3.63) is 84.5 Å². The molecular formula is C21H15F3N6O2. The van der Waals surface area contributed by atoms with Crippen LogP contribution in [0.1, 0.15) is 10.4 Å². The molecule has 0 bridgehead atoms. The summed E-state index contributed by atoms with van der Waals surface area (Å²) in [6.07, 6.45) is 6.38. The molecule has 0 saturated heterocycles. The van der Waals surface area contributed by atoms with Crippen molar-refractivity contribution < 1.29 is 22.7 Å². The van der Waals surface area contributed by atoms with Gasteiger partial charge >= 0.3 is 0 Å². The highest BCUT2D eigenvalue weighted by atomic mass is 19.2. The maximum atomic E-state index is 14.3. The molecule has 0 aliphatic carbocycles. The fourth-order valence-electron chi connectivity index (χ4n) is 2.86. The van der Waals surface area contributed by atoms with Crippen molar-refractivity contribution in [3.8, 4) is 11.6 Å². The lowest BCUT2D eigenvalue weighted by molar-refractivity contribution is 0.102. The van der Waals surface area contributed by atoms with Gasteiger partial charge in [0.05, 0.1) is 12.7 Å². The minimum absolute atomic E-state index is 0.311. The predicted molar refractivity (Wildman–Crippen MR) is 110 cm³/mol. The molecule has 0 aliphatic heterocycles. The SMILES string of the molecule is COc1c(F)c(F)cc(C(=O)Nc2ccc(Nc3cc(-n4ccnc4)ncn3)cc2)c1F. The second-order valence-electron chi connectivity index (χ2n) is 6.46. The molecule has 4 rings (SSSR count). The highest BCUT2D eigenvalue weighted by Crippen LogP contribution is 2.28. The number of benzene rings is 2. The summed E-state index contributed by atoms with van der Waals surface area (Å²) < 4.78 is 47.7. The van der Waals surface area contributed by atoms with Crippen molar-refractivity contribution in [1.82, 2.24) is 19.5 Å². The van der Waals surface area contributed by atoms with E-state index in [1.54, 1.807) is 53.6 Å². The molecule has 8 nitrogen and oxygen atoms in total. The zero-order valence-corrected chi connectivity index (χ0v) is 16.5. The highest BCUT2D eigenvalue weighted by molar-refractivity contribution is 6.04. The first kappa shape index (κ1) is 20.8. The number of methoxy groups -OCH3 is 1. The smallest absolute Gasteiger partial charge is 0.258 e. The number of hydrogen-bond acceptors (Lipinski definition) is 6. The summed E-state index contributed by atoms with van der Waals surface area (Å²) in [4.78, 5) is 24.6. The normalized spacial score (nSPS) is 10.6. The van der Waals surface area contributed by atoms with Gasteiger partial charge in [-0.3, -0.25) is 9.36 Å². The van der Waals surface area contributed by atoms with Gasteiger partial charge in [-0.25, -0.2) is 23.7 Å². The molecule has 0 atom stereocenters. The van der Waals surface area contributed by atoms with Gasteiger partial charge in [0.25, 0.3) is 5.91 Å². The molecule has 4 aromatic rings. The lowest BCUT2D eigenvalue weighted by atomic mass is 10.1. The summed E-state index contributed by atoms with van der Waals surface area (Å²) in [5.74, 6) is -4.97. The Morgan fingerprint density at radius 2 is 1.78 bits per heavy atom. The number of carbonyl (C=O) groups is 1. The standard InChI is InChI=1S/C21H15F3N6O2/c1-32-20-18(23)14(8-15(22)19(20)24)21(31)29-13-4-2-12(3-5-13)28-16-9-17(27-10-26-16)30-7-6-25-11-30/h2-11H,1H3,(H,29,31)(H,26,27,28). The summed E-state index contributed by atoms with van der Waals surface area (Å²) in [6.45, 7) is 0. The Morgan fingerprint density at radius 3 is 2.47 bits per heavy atom. The van der Waals surface area contributed by atoms with Gasteiger partial charge in [-0.05, 0) is 30.3 Å². The van der Waals surface area contributed by atoms with E-state index in [0.717, 1.165) is 7.11 Å². The number of imidazole rings is 1. The molecule has 2 aromatic heterocycles. The van der Waals surface area contributed by atoms with E-state index >= 15 is 0 Å². The minimum atomic E-state index is -1.50. The second kappa shape index (κ2) is 8.76. The Balaban J connectivity index is 1.48. The molecule has 0 unspecified atom stereocenters. The Bertz CT molecular complexity index is 1260. The first-order chi connectivity index (χ1) is 15.5. The highest BCUT2D eigenvalue weighted by Gasteiger charge is 2.23. The van der Waals surface area contributed by atoms with E-state index in [2.05, 4.69) is 30.3 Å². The molecule has 11 heteroatoms. The first-order valence-corrected chi connectivity index (χ1v) is 9.16. The zero-order valence-electron chi connectivity index (χ0n) is 16.5. The van der Waals surface area contributed by atoms with E-state index in [-0.39, 0.29) is 0 Å². The van der Waals surface area contributed by atoms with Crippen LogP contribution in [0.3, 0.4) is 0 Å². The van der Waals surface area contributed by atoms with Gasteiger partial charge in [-0.2, -0.15) is 4.39 Å². The van der Waals surface area contributed by atoms with E-state index in [1.807, 2.05) is 0 Å². The maximum Gasteiger partial charge on any atom is 0.258 e. The maximum absolute atomic E-state index is 14.3. The van der Waals surface area contributed by atoms with Crippen LogP contribution in [0.2, 0.25) is 0 Å². The Kier molecular flexibility index (Phi) is 5.71. The monoisotopic (exact) mass is 440 g/mol. The minimum Gasteiger partial charge on any atom is -0.491 e. The number of rotatable bonds is 6. The van der Waals surface area contributed by atoms with Crippen molar-refractivity contribution in [1.29, 1.82) is 0 Å². The lowest BCUT2D eigenvalue weighted by Gasteiger charge is -2.11. The third-order valence-corrected chi connectivity index (χ3v) is 4.40. The number of hydrogen-bond donors (Lipinski definition) is 2. The van der Waals surface area contributed by atoms with Crippen LogP contribution in [0.5, 0.6) is 5.75 Å². The van der Waals surface area contributed by atoms with Crippen LogP contribution in [-0.4, -0.2) is 32.5 Å². The van der Waals surface area contributed by atoms with Crippen molar-refractivity contribution in [2.75, 3.05) is 17.7 Å². The second-order valence-corrected chi connectivity index (χ2v) is 6.46. The third-order valence-electron chi connectivity index (χ3n) is 4.40. The number of ether oxygens (including phenoxy) is 1. The quantitative estimate of drug-likeness (QED) is 0.439. The van der Waals surface area contributed by atoms with Crippen molar-refractivity contribution in [2.24, 2.45) is 0 Å². The summed E-state index contributed by atoms with van der Waals surface area (Å²) in [5, 5.41) is 5.52. The molecule has 1 amide bonds. The van der Waals surface area contributed by atoms with E-state index in [9.17, 15) is 18.0 Å². The van der Waals surface area contributed by atoms with Gasteiger partial charge in [-0.1, -0.05) is 0 Å². The average molecular weight is 440 g/mol. The Hall–Kier alpha value is -4.41. The number of amides is 1. The molecule has 0 fully saturated rings. The van der Waals surface area contributed by atoms with Crippen molar-refractivity contribution in [3.63, 3.8) is 0 Å². The van der Waals surface area contributed by atoms with Gasteiger partial charge < -0.3 is 15.4 Å². The van der Waals surface area contributed by atoms with E-state index < -0.39 is 34.7 Å². The number of nitrogens with one attached hydrogen (secondary N) is 2. The predicted octanol–water partition coefficient (Wildman–Crippen LogP) is 4.08. The third kappa shape index (κ3) is 4.21. The fraction of sp³-hybridized carbons (Fsp3) is 0.0476. The first-order valence-electron chi connectivity index (χ1n) is 9.16. The van der Waals surface area contributed by atoms with Crippen LogP contribution < -0.4 is 15.4 Å². The van der Waals surface area contributed by atoms with Crippen molar-refractivity contribution in [2.45, 2.75) is 0 Å². The molecule has 0 saturated carbocycles. The van der Waals surface area contributed by atoms with E-state index in [0.29, 0.717) is 29.1 Å². The van der Waals surface area contributed by atoms with Crippen molar-refractivity contribution >= 4 is 23.1 Å². The van der Waals surface area contributed by atoms with Crippen LogP contribution in [-0.2, 0) is 0 Å². The van der Waals surface area contributed by atoms with E-state index in [1.165, 1.54) is 6.33 Å². The van der Waals surface area contributed by atoms with Crippen LogP contribution in [0, 0.1) is 17.5 Å². The van der Waals surface area contributed by atoms with E-state index in [4.69, 9.17) is 0 Å². The van der Waals surface area contributed by atoms with Crippen LogP contribution in [0.15, 0.2) is 61.4 Å². The van der Waals surface area contributed by atoms with Gasteiger partial charge in [0.15, 0.2) is 17.4 Å².